The number of rotatable bonds is 6. The Balaban J connectivity index is 1.30. The third kappa shape index (κ3) is 4.77. The lowest BCUT2D eigenvalue weighted by molar-refractivity contribution is 0.0951. The highest BCUT2D eigenvalue weighted by atomic mass is 35.5. The van der Waals surface area contributed by atoms with E-state index in [1.807, 2.05) is 54.6 Å². The third-order valence-electron chi connectivity index (χ3n) is 5.01. The van der Waals surface area contributed by atoms with Gasteiger partial charge in [-0.1, -0.05) is 29.8 Å². The van der Waals surface area contributed by atoms with Crippen LogP contribution in [-0.2, 0) is 0 Å². The number of nitrogens with zero attached hydrogens (tertiary/aromatic N) is 4. The van der Waals surface area contributed by atoms with Gasteiger partial charge in [-0.3, -0.25) is 9.78 Å². The number of anilines is 2. The van der Waals surface area contributed by atoms with E-state index in [-0.39, 0.29) is 5.91 Å². The summed E-state index contributed by atoms with van der Waals surface area (Å²) in [6.07, 6.45) is 6.67. The van der Waals surface area contributed by atoms with Crippen molar-refractivity contribution >= 4 is 46.3 Å². The molecule has 0 bridgehead atoms. The number of pyridine rings is 1. The first kappa shape index (κ1) is 21.3. The highest BCUT2D eigenvalue weighted by Crippen LogP contribution is 2.23. The fourth-order valence-electron chi connectivity index (χ4n) is 3.36. The van der Waals surface area contributed by atoms with Gasteiger partial charge in [-0.15, -0.1) is 0 Å². The lowest BCUT2D eigenvalue weighted by Crippen LogP contribution is -2.17. The number of amides is 1. The van der Waals surface area contributed by atoms with E-state index >= 15 is 0 Å². The van der Waals surface area contributed by atoms with Crippen molar-refractivity contribution in [2.75, 3.05) is 5.32 Å². The summed E-state index contributed by atoms with van der Waals surface area (Å²) in [4.78, 5) is 28.6. The minimum atomic E-state index is -0.360. The molecule has 0 radical (unpaired) electrons. The zero-order valence-corrected chi connectivity index (χ0v) is 18.5. The Labute approximate surface area is 199 Å². The minimum Gasteiger partial charge on any atom is -0.350 e. The van der Waals surface area contributed by atoms with E-state index in [1.165, 1.54) is 6.21 Å². The van der Waals surface area contributed by atoms with Crippen molar-refractivity contribution in [2.45, 2.75) is 0 Å². The van der Waals surface area contributed by atoms with E-state index in [2.05, 4.69) is 35.8 Å². The molecule has 0 aliphatic heterocycles. The van der Waals surface area contributed by atoms with Gasteiger partial charge in [0.15, 0.2) is 0 Å². The number of benzene rings is 2. The summed E-state index contributed by atoms with van der Waals surface area (Å²) in [5, 5.41) is 8.61. The van der Waals surface area contributed by atoms with Crippen molar-refractivity contribution in [1.82, 2.24) is 25.4 Å². The molecule has 34 heavy (non-hydrogen) atoms. The van der Waals surface area contributed by atoms with Crippen LogP contribution in [0.5, 0.6) is 0 Å². The monoisotopic (exact) mass is 467 g/mol. The van der Waals surface area contributed by atoms with Crippen LogP contribution >= 0.6 is 11.6 Å². The molecule has 0 spiro atoms. The average Bonchev–Trinajstić information content (AvgIpc) is 3.30. The highest BCUT2D eigenvalue weighted by molar-refractivity contribution is 6.33. The molecule has 3 N–H and O–H groups in total. The van der Waals surface area contributed by atoms with Gasteiger partial charge >= 0.3 is 0 Å². The number of carbonyl (C=O) groups is 1. The second kappa shape index (κ2) is 9.51. The predicted molar refractivity (Wildman–Crippen MR) is 133 cm³/mol. The quantitative estimate of drug-likeness (QED) is 0.235. The molecule has 0 fully saturated rings. The van der Waals surface area contributed by atoms with E-state index in [1.54, 1.807) is 30.7 Å². The van der Waals surface area contributed by atoms with Crippen molar-refractivity contribution in [1.29, 1.82) is 0 Å². The third-order valence-corrected chi connectivity index (χ3v) is 5.35. The van der Waals surface area contributed by atoms with Gasteiger partial charge in [-0.25, -0.2) is 15.4 Å². The summed E-state index contributed by atoms with van der Waals surface area (Å²) in [7, 11) is 0. The smallest absolute Gasteiger partial charge is 0.287 e. The van der Waals surface area contributed by atoms with Gasteiger partial charge in [0, 0.05) is 51.3 Å². The minimum absolute atomic E-state index is 0.360. The summed E-state index contributed by atoms with van der Waals surface area (Å²) in [6.45, 7) is 0. The Morgan fingerprint density at radius 3 is 2.79 bits per heavy atom. The van der Waals surface area contributed by atoms with E-state index < -0.39 is 0 Å². The Morgan fingerprint density at radius 2 is 1.94 bits per heavy atom. The van der Waals surface area contributed by atoms with Gasteiger partial charge < -0.3 is 10.3 Å². The van der Waals surface area contributed by atoms with E-state index in [4.69, 9.17) is 11.6 Å². The zero-order chi connectivity index (χ0) is 23.3. The number of halogens is 1. The van der Waals surface area contributed by atoms with Crippen LogP contribution in [0.25, 0.3) is 22.2 Å². The maximum Gasteiger partial charge on any atom is 0.287 e. The summed E-state index contributed by atoms with van der Waals surface area (Å²) < 4.78 is 0. The lowest BCUT2D eigenvalue weighted by atomic mass is 10.2. The number of aromatic nitrogens is 4. The maximum absolute atomic E-state index is 12.5. The van der Waals surface area contributed by atoms with Gasteiger partial charge in [0.25, 0.3) is 5.91 Å². The van der Waals surface area contributed by atoms with Crippen molar-refractivity contribution in [3.05, 3.63) is 102 Å². The Hall–Kier alpha value is -4.56. The van der Waals surface area contributed by atoms with Crippen LogP contribution in [0.2, 0.25) is 5.02 Å². The normalized spacial score (nSPS) is 11.1. The molecule has 0 atom stereocenters. The standard InChI is InChI=1S/C25H18ClN7O/c26-20-6-2-1-4-16(20)15-29-33-24(34)23-13-18-12-19(7-8-21(18)31-23)30-25-28-11-9-22(32-25)17-5-3-10-27-14-17/h1-15,31H,(H,33,34)(H,28,30,32)/b29-15+. The number of carbonyl (C=O) groups excluding carboxylic acids is 1. The topological polar surface area (TPSA) is 108 Å². The Bertz CT molecular complexity index is 1500. The second-order valence-electron chi connectivity index (χ2n) is 7.34. The fraction of sp³-hybridized carbons (Fsp3) is 0. The number of aromatic amines is 1. The van der Waals surface area contributed by atoms with E-state index in [9.17, 15) is 4.79 Å². The van der Waals surface area contributed by atoms with Crippen molar-refractivity contribution in [2.24, 2.45) is 5.10 Å². The molecule has 3 heterocycles. The molecule has 8 nitrogen and oxygen atoms in total. The molecule has 0 aliphatic rings. The van der Waals surface area contributed by atoms with Gasteiger partial charge in [0.2, 0.25) is 5.95 Å². The average molecular weight is 468 g/mol. The number of hydrazone groups is 1. The van der Waals surface area contributed by atoms with Gasteiger partial charge in [-0.05, 0) is 48.5 Å². The summed E-state index contributed by atoms with van der Waals surface area (Å²) >= 11 is 6.09. The van der Waals surface area contributed by atoms with Crippen LogP contribution in [0, 0.1) is 0 Å². The van der Waals surface area contributed by atoms with Crippen LogP contribution in [0.15, 0.2) is 90.4 Å². The fourth-order valence-corrected chi connectivity index (χ4v) is 3.54. The summed E-state index contributed by atoms with van der Waals surface area (Å²) in [5.74, 6) is 0.102. The molecule has 0 unspecified atom stereocenters. The Kier molecular flexibility index (Phi) is 5.96. The molecule has 5 aromatic rings. The second-order valence-corrected chi connectivity index (χ2v) is 7.75. The van der Waals surface area contributed by atoms with Gasteiger partial charge in [-0.2, -0.15) is 5.10 Å². The van der Waals surface area contributed by atoms with Crippen molar-refractivity contribution < 1.29 is 4.79 Å². The predicted octanol–water partition coefficient (Wildman–Crippen LogP) is 5.18. The number of H-pyrrole nitrogens is 1. The SMILES string of the molecule is O=C(N/N=C/c1ccccc1Cl)c1cc2cc(Nc3nccc(-c4cccnc4)n3)ccc2[nH]1. The van der Waals surface area contributed by atoms with Crippen LogP contribution in [-0.4, -0.2) is 32.1 Å². The van der Waals surface area contributed by atoms with E-state index in [0.717, 1.165) is 27.8 Å². The van der Waals surface area contributed by atoms with Crippen molar-refractivity contribution in [3.63, 3.8) is 0 Å². The number of hydrogen-bond acceptors (Lipinski definition) is 6. The lowest BCUT2D eigenvalue weighted by Gasteiger charge is -2.06. The number of fused-ring (bicyclic) bond motifs is 1. The zero-order valence-electron chi connectivity index (χ0n) is 17.7. The largest absolute Gasteiger partial charge is 0.350 e. The van der Waals surface area contributed by atoms with Gasteiger partial charge in [0.05, 0.1) is 11.9 Å². The Morgan fingerprint density at radius 1 is 1.03 bits per heavy atom. The molecule has 0 saturated heterocycles. The number of nitrogens with one attached hydrogen (secondary N) is 3. The first-order chi connectivity index (χ1) is 16.7. The molecule has 0 saturated carbocycles. The number of hydrogen-bond donors (Lipinski definition) is 3. The summed E-state index contributed by atoms with van der Waals surface area (Å²) in [6, 6.07) is 20.3. The first-order valence-electron chi connectivity index (χ1n) is 10.4. The molecule has 3 aromatic heterocycles. The molecule has 1 amide bonds. The molecular formula is C25H18ClN7O. The molecule has 166 valence electrons. The van der Waals surface area contributed by atoms with Crippen LogP contribution in [0.1, 0.15) is 16.1 Å². The van der Waals surface area contributed by atoms with Crippen LogP contribution in [0.3, 0.4) is 0 Å². The van der Waals surface area contributed by atoms with Crippen LogP contribution < -0.4 is 10.7 Å². The maximum atomic E-state index is 12.5. The highest BCUT2D eigenvalue weighted by Gasteiger charge is 2.10. The first-order valence-corrected chi connectivity index (χ1v) is 10.7. The molecule has 0 aliphatic carbocycles. The molecule has 9 heteroatoms. The van der Waals surface area contributed by atoms with Crippen molar-refractivity contribution in [3.8, 4) is 11.3 Å². The summed E-state index contributed by atoms with van der Waals surface area (Å²) in [5.41, 5.74) is 6.89. The molecule has 5 rings (SSSR count). The van der Waals surface area contributed by atoms with E-state index in [0.29, 0.717) is 22.2 Å². The molecular weight excluding hydrogens is 450 g/mol. The van der Waals surface area contributed by atoms with Gasteiger partial charge in [0.1, 0.15) is 5.69 Å². The van der Waals surface area contributed by atoms with Crippen LogP contribution in [0.4, 0.5) is 11.6 Å². The molecule has 2 aromatic carbocycles.